The fourth-order valence-electron chi connectivity index (χ4n) is 3.66. The van der Waals surface area contributed by atoms with Gasteiger partial charge < -0.3 is 14.5 Å². The normalized spacial score (nSPS) is 17.2. The first-order valence-electron chi connectivity index (χ1n) is 9.15. The number of benzene rings is 1. The summed E-state index contributed by atoms with van der Waals surface area (Å²) in [6.45, 7) is 8.33. The zero-order chi connectivity index (χ0) is 18.1. The van der Waals surface area contributed by atoms with Crippen LogP contribution in [0.25, 0.3) is 0 Å². The third-order valence-corrected chi connectivity index (χ3v) is 4.98. The van der Waals surface area contributed by atoms with Crippen LogP contribution in [0.4, 0.5) is 5.95 Å². The van der Waals surface area contributed by atoms with Crippen molar-refractivity contribution in [3.63, 3.8) is 0 Å². The molecule has 26 heavy (non-hydrogen) atoms. The van der Waals surface area contributed by atoms with Crippen LogP contribution in [-0.2, 0) is 17.7 Å². The molecular weight excluding hydrogens is 328 g/mol. The van der Waals surface area contributed by atoms with E-state index in [-0.39, 0.29) is 5.91 Å². The van der Waals surface area contributed by atoms with E-state index in [1.807, 2.05) is 37.1 Å². The van der Waals surface area contributed by atoms with Crippen molar-refractivity contribution in [2.75, 3.05) is 37.7 Å². The zero-order valence-corrected chi connectivity index (χ0v) is 15.4. The maximum Gasteiger partial charge on any atom is 0.254 e. The largest absolute Gasteiger partial charge is 0.378 e. The Morgan fingerprint density at radius 2 is 1.81 bits per heavy atom. The van der Waals surface area contributed by atoms with Crippen molar-refractivity contribution in [2.45, 2.75) is 26.8 Å². The van der Waals surface area contributed by atoms with Crippen LogP contribution in [-0.4, -0.2) is 53.6 Å². The summed E-state index contributed by atoms with van der Waals surface area (Å²) in [5.74, 6) is 0.821. The molecule has 136 valence electrons. The van der Waals surface area contributed by atoms with E-state index in [0.717, 1.165) is 53.4 Å². The number of amides is 1. The Kier molecular flexibility index (Phi) is 4.59. The number of morpholine rings is 1. The van der Waals surface area contributed by atoms with Crippen LogP contribution >= 0.6 is 0 Å². The van der Waals surface area contributed by atoms with Gasteiger partial charge in [-0.2, -0.15) is 0 Å². The lowest BCUT2D eigenvalue weighted by atomic mass is 10.0. The average Bonchev–Trinajstić information content (AvgIpc) is 2.66. The van der Waals surface area contributed by atoms with E-state index >= 15 is 0 Å². The number of carbonyl (C=O) groups excluding carboxylic acids is 1. The van der Waals surface area contributed by atoms with E-state index in [1.165, 1.54) is 0 Å². The molecule has 1 aromatic carbocycles. The highest BCUT2D eigenvalue weighted by atomic mass is 16.5. The maximum atomic E-state index is 13.0. The third-order valence-electron chi connectivity index (χ3n) is 4.98. The zero-order valence-electron chi connectivity index (χ0n) is 15.4. The van der Waals surface area contributed by atoms with Crippen molar-refractivity contribution in [2.24, 2.45) is 0 Å². The van der Waals surface area contributed by atoms with E-state index in [2.05, 4.69) is 16.0 Å². The first-order chi connectivity index (χ1) is 12.6. The van der Waals surface area contributed by atoms with E-state index in [4.69, 9.17) is 9.72 Å². The molecular formula is C20H24N4O2. The highest BCUT2D eigenvalue weighted by Gasteiger charge is 2.25. The minimum absolute atomic E-state index is 0.0778. The van der Waals surface area contributed by atoms with Crippen LogP contribution in [0.3, 0.4) is 0 Å². The van der Waals surface area contributed by atoms with Crippen LogP contribution in [0.15, 0.2) is 24.4 Å². The highest BCUT2D eigenvalue weighted by molar-refractivity contribution is 5.94. The molecule has 0 aliphatic carbocycles. The number of hydrogen-bond acceptors (Lipinski definition) is 5. The molecule has 0 atom stereocenters. The van der Waals surface area contributed by atoms with Crippen molar-refractivity contribution in [1.82, 2.24) is 14.9 Å². The second kappa shape index (κ2) is 7.03. The topological polar surface area (TPSA) is 58.6 Å². The Morgan fingerprint density at radius 1 is 1.08 bits per heavy atom. The number of aryl methyl sites for hydroxylation is 2. The van der Waals surface area contributed by atoms with Gasteiger partial charge in [0, 0.05) is 31.4 Å². The number of aromatic nitrogens is 2. The SMILES string of the molecule is Cc1cc(C)cc(C(=O)N2CCc3cnc(N4CCOCC4)nc3C2)c1. The van der Waals surface area contributed by atoms with E-state index in [9.17, 15) is 4.79 Å². The molecule has 0 bridgehead atoms. The molecule has 0 spiro atoms. The second-order valence-corrected chi connectivity index (χ2v) is 7.09. The number of hydrogen-bond donors (Lipinski definition) is 0. The molecule has 6 heteroatoms. The predicted molar refractivity (Wildman–Crippen MR) is 99.4 cm³/mol. The number of carbonyl (C=O) groups is 1. The third kappa shape index (κ3) is 3.42. The molecule has 0 saturated carbocycles. The Balaban J connectivity index is 1.55. The number of anilines is 1. The minimum atomic E-state index is 0.0778. The van der Waals surface area contributed by atoms with Gasteiger partial charge in [0.15, 0.2) is 0 Å². The Hall–Kier alpha value is -2.47. The summed E-state index contributed by atoms with van der Waals surface area (Å²) < 4.78 is 5.40. The molecule has 1 fully saturated rings. The van der Waals surface area contributed by atoms with Gasteiger partial charge in [-0.05, 0) is 38.0 Å². The summed E-state index contributed by atoms with van der Waals surface area (Å²) >= 11 is 0. The Labute approximate surface area is 153 Å². The molecule has 2 aliphatic rings. The lowest BCUT2D eigenvalue weighted by molar-refractivity contribution is 0.0731. The Bertz CT molecular complexity index is 810. The molecule has 0 radical (unpaired) electrons. The number of nitrogens with zero attached hydrogens (tertiary/aromatic N) is 4. The molecule has 1 amide bonds. The smallest absolute Gasteiger partial charge is 0.254 e. The summed E-state index contributed by atoms with van der Waals surface area (Å²) in [6.07, 6.45) is 2.72. The van der Waals surface area contributed by atoms with Gasteiger partial charge >= 0.3 is 0 Å². The van der Waals surface area contributed by atoms with Gasteiger partial charge in [0.05, 0.1) is 25.5 Å². The highest BCUT2D eigenvalue weighted by Crippen LogP contribution is 2.22. The number of fused-ring (bicyclic) bond motifs is 1. The summed E-state index contributed by atoms with van der Waals surface area (Å²) in [5.41, 5.74) is 5.09. The van der Waals surface area contributed by atoms with Crippen molar-refractivity contribution in [3.8, 4) is 0 Å². The van der Waals surface area contributed by atoms with Crippen LogP contribution in [0.5, 0.6) is 0 Å². The minimum Gasteiger partial charge on any atom is -0.378 e. The fraction of sp³-hybridized carbons (Fsp3) is 0.450. The van der Waals surface area contributed by atoms with Crippen LogP contribution < -0.4 is 4.90 Å². The van der Waals surface area contributed by atoms with E-state index < -0.39 is 0 Å². The summed E-state index contributed by atoms with van der Waals surface area (Å²) in [4.78, 5) is 26.3. The fourth-order valence-corrected chi connectivity index (χ4v) is 3.66. The molecule has 2 aromatic rings. The van der Waals surface area contributed by atoms with Gasteiger partial charge in [-0.3, -0.25) is 4.79 Å². The van der Waals surface area contributed by atoms with Gasteiger partial charge in [0.2, 0.25) is 5.95 Å². The first kappa shape index (κ1) is 17.0. The monoisotopic (exact) mass is 352 g/mol. The van der Waals surface area contributed by atoms with Gasteiger partial charge in [-0.25, -0.2) is 9.97 Å². The maximum absolute atomic E-state index is 13.0. The standard InChI is InChI=1S/C20H24N4O2/c1-14-9-15(2)11-17(10-14)19(25)24-4-3-16-12-21-20(22-18(16)13-24)23-5-7-26-8-6-23/h9-12H,3-8,13H2,1-2H3. The Morgan fingerprint density at radius 3 is 2.54 bits per heavy atom. The molecule has 1 saturated heterocycles. The van der Waals surface area contributed by atoms with Gasteiger partial charge in [-0.15, -0.1) is 0 Å². The van der Waals surface area contributed by atoms with Gasteiger partial charge in [0.1, 0.15) is 0 Å². The lowest BCUT2D eigenvalue weighted by Gasteiger charge is -2.31. The van der Waals surface area contributed by atoms with Crippen molar-refractivity contribution in [3.05, 3.63) is 52.3 Å². The van der Waals surface area contributed by atoms with E-state index in [0.29, 0.717) is 26.3 Å². The molecule has 0 N–H and O–H groups in total. The van der Waals surface area contributed by atoms with Gasteiger partial charge in [0.25, 0.3) is 5.91 Å². The van der Waals surface area contributed by atoms with E-state index in [1.54, 1.807) is 0 Å². The first-order valence-corrected chi connectivity index (χ1v) is 9.15. The van der Waals surface area contributed by atoms with Crippen LogP contribution in [0.2, 0.25) is 0 Å². The lowest BCUT2D eigenvalue weighted by Crippen LogP contribution is -2.39. The summed E-state index contributed by atoms with van der Waals surface area (Å²) in [5, 5.41) is 0. The van der Waals surface area contributed by atoms with Crippen molar-refractivity contribution in [1.29, 1.82) is 0 Å². The van der Waals surface area contributed by atoms with Crippen molar-refractivity contribution < 1.29 is 9.53 Å². The second-order valence-electron chi connectivity index (χ2n) is 7.09. The molecule has 1 aromatic heterocycles. The molecule has 6 nitrogen and oxygen atoms in total. The molecule has 4 rings (SSSR count). The average molecular weight is 352 g/mol. The van der Waals surface area contributed by atoms with Crippen LogP contribution in [0, 0.1) is 13.8 Å². The molecule has 0 unspecified atom stereocenters. The molecule has 2 aliphatic heterocycles. The number of ether oxygens (including phenoxy) is 1. The quantitative estimate of drug-likeness (QED) is 0.829. The van der Waals surface area contributed by atoms with Crippen LogP contribution in [0.1, 0.15) is 32.7 Å². The van der Waals surface area contributed by atoms with Crippen molar-refractivity contribution >= 4 is 11.9 Å². The molecule has 3 heterocycles. The number of rotatable bonds is 2. The van der Waals surface area contributed by atoms with Gasteiger partial charge in [-0.1, -0.05) is 17.2 Å². The summed E-state index contributed by atoms with van der Waals surface area (Å²) in [7, 11) is 0. The predicted octanol–water partition coefficient (Wildman–Crippen LogP) is 2.13. The summed E-state index contributed by atoms with van der Waals surface area (Å²) in [6, 6.07) is 6.01.